The summed E-state index contributed by atoms with van der Waals surface area (Å²) in [7, 11) is -1.06. The van der Waals surface area contributed by atoms with Gasteiger partial charge in [-0.2, -0.15) is 0 Å². The van der Waals surface area contributed by atoms with E-state index in [1.165, 1.54) is 17.5 Å². The van der Waals surface area contributed by atoms with Crippen LogP contribution in [0.4, 0.5) is 0 Å². The maximum Gasteiger partial charge on any atom is 0.326 e. The summed E-state index contributed by atoms with van der Waals surface area (Å²) in [6, 6.07) is 22.0. The van der Waals surface area contributed by atoms with E-state index in [1.807, 2.05) is 0 Å². The fourth-order valence-electron chi connectivity index (χ4n) is 7.94. The zero-order valence-corrected chi connectivity index (χ0v) is 26.4. The predicted molar refractivity (Wildman–Crippen MR) is 166 cm³/mol. The SMILES string of the molecule is CCCCC1CCC(CCCO[Si](c2ccccc2)(c2ccccc2)C(C)(C)C)C2(C(=O)OC)CCC(CO)N12. The van der Waals surface area contributed by atoms with E-state index in [0.29, 0.717) is 12.6 Å². The lowest BCUT2D eigenvalue weighted by Crippen LogP contribution is -2.66. The monoisotopic (exact) mass is 565 g/mol. The molecule has 4 rings (SSSR count). The number of benzene rings is 2. The van der Waals surface area contributed by atoms with Crippen LogP contribution in [0.3, 0.4) is 0 Å². The first-order chi connectivity index (χ1) is 19.3. The summed E-state index contributed by atoms with van der Waals surface area (Å²) in [5.41, 5.74) is -0.629. The van der Waals surface area contributed by atoms with Gasteiger partial charge in [0.1, 0.15) is 5.54 Å². The summed E-state index contributed by atoms with van der Waals surface area (Å²) in [5.74, 6) is 0.0969. The van der Waals surface area contributed by atoms with Gasteiger partial charge in [-0.1, -0.05) is 101 Å². The predicted octanol–water partition coefficient (Wildman–Crippen LogP) is 5.68. The largest absolute Gasteiger partial charge is 0.468 e. The molecule has 2 aliphatic heterocycles. The van der Waals surface area contributed by atoms with Gasteiger partial charge in [-0.3, -0.25) is 9.69 Å². The van der Waals surface area contributed by atoms with Crippen molar-refractivity contribution in [2.45, 2.75) is 108 Å². The van der Waals surface area contributed by atoms with E-state index < -0.39 is 13.9 Å². The Morgan fingerprint density at radius 3 is 2.10 bits per heavy atom. The molecule has 0 aliphatic carbocycles. The Labute approximate surface area is 243 Å². The van der Waals surface area contributed by atoms with Gasteiger partial charge in [0.25, 0.3) is 8.32 Å². The van der Waals surface area contributed by atoms with Crippen LogP contribution in [0.5, 0.6) is 0 Å². The molecule has 0 bridgehead atoms. The minimum atomic E-state index is -2.59. The highest BCUT2D eigenvalue weighted by Gasteiger charge is 2.60. The molecule has 220 valence electrons. The van der Waals surface area contributed by atoms with Crippen LogP contribution < -0.4 is 10.4 Å². The first kappa shape index (κ1) is 31.0. The number of nitrogens with zero attached hydrogens (tertiary/aromatic N) is 1. The smallest absolute Gasteiger partial charge is 0.326 e. The van der Waals surface area contributed by atoms with Crippen LogP contribution in [0.2, 0.25) is 5.04 Å². The average molecular weight is 566 g/mol. The van der Waals surface area contributed by atoms with E-state index in [-0.39, 0.29) is 29.6 Å². The Bertz CT molecular complexity index is 1030. The van der Waals surface area contributed by atoms with E-state index in [4.69, 9.17) is 9.16 Å². The Kier molecular flexibility index (Phi) is 10.3. The molecule has 0 aromatic heterocycles. The van der Waals surface area contributed by atoms with Crippen molar-refractivity contribution in [3.8, 4) is 0 Å². The summed E-state index contributed by atoms with van der Waals surface area (Å²) in [5, 5.41) is 12.8. The maximum atomic E-state index is 13.6. The van der Waals surface area contributed by atoms with Gasteiger partial charge < -0.3 is 14.3 Å². The van der Waals surface area contributed by atoms with Gasteiger partial charge in [-0.25, -0.2) is 0 Å². The number of hydrogen-bond acceptors (Lipinski definition) is 5. The molecule has 40 heavy (non-hydrogen) atoms. The molecule has 2 saturated heterocycles. The zero-order chi connectivity index (χ0) is 28.8. The fourth-order valence-corrected chi connectivity index (χ4v) is 12.5. The molecule has 2 heterocycles. The van der Waals surface area contributed by atoms with E-state index >= 15 is 0 Å². The summed E-state index contributed by atoms with van der Waals surface area (Å²) in [6.45, 7) is 9.92. The van der Waals surface area contributed by atoms with Crippen LogP contribution in [0, 0.1) is 5.92 Å². The number of carbonyl (C=O) groups excluding carboxylic acids is 1. The van der Waals surface area contributed by atoms with Crippen molar-refractivity contribution in [2.24, 2.45) is 5.92 Å². The number of fused-ring (bicyclic) bond motifs is 1. The Hall–Kier alpha value is -1.99. The summed E-state index contributed by atoms with van der Waals surface area (Å²) in [4.78, 5) is 16.0. The molecule has 0 saturated carbocycles. The summed E-state index contributed by atoms with van der Waals surface area (Å²) < 4.78 is 12.7. The number of ether oxygens (including phenoxy) is 1. The number of aliphatic hydroxyl groups is 1. The number of unbranched alkanes of at least 4 members (excludes halogenated alkanes) is 1. The molecule has 5 nitrogen and oxygen atoms in total. The second-order valence-corrected chi connectivity index (χ2v) is 17.2. The molecule has 1 N–H and O–H groups in total. The number of piperidine rings is 1. The van der Waals surface area contributed by atoms with Crippen molar-refractivity contribution in [1.29, 1.82) is 0 Å². The molecule has 4 atom stereocenters. The van der Waals surface area contributed by atoms with E-state index in [9.17, 15) is 9.90 Å². The van der Waals surface area contributed by atoms with E-state index in [1.54, 1.807) is 0 Å². The topological polar surface area (TPSA) is 59.0 Å². The minimum Gasteiger partial charge on any atom is -0.468 e. The van der Waals surface area contributed by atoms with Crippen LogP contribution in [0.1, 0.15) is 85.5 Å². The van der Waals surface area contributed by atoms with Gasteiger partial charge >= 0.3 is 5.97 Å². The molecular formula is C34H51NO4Si. The third kappa shape index (κ3) is 5.70. The molecule has 2 aromatic carbocycles. The molecule has 0 spiro atoms. The fraction of sp³-hybridized carbons (Fsp3) is 0.618. The molecule has 2 aliphatic rings. The third-order valence-corrected chi connectivity index (χ3v) is 14.7. The second kappa shape index (κ2) is 13.3. The quantitative estimate of drug-likeness (QED) is 0.204. The van der Waals surface area contributed by atoms with Crippen molar-refractivity contribution >= 4 is 24.7 Å². The first-order valence-electron chi connectivity index (χ1n) is 15.5. The highest BCUT2D eigenvalue weighted by molar-refractivity contribution is 6.99. The molecule has 2 fully saturated rings. The number of hydrogen-bond donors (Lipinski definition) is 1. The summed E-state index contributed by atoms with van der Waals surface area (Å²) >= 11 is 0. The first-order valence-corrected chi connectivity index (χ1v) is 17.4. The molecular weight excluding hydrogens is 514 g/mol. The maximum absolute atomic E-state index is 13.6. The van der Waals surface area contributed by atoms with Crippen LogP contribution >= 0.6 is 0 Å². The van der Waals surface area contributed by atoms with Crippen LogP contribution in [-0.4, -0.2) is 62.2 Å². The van der Waals surface area contributed by atoms with Crippen molar-refractivity contribution in [2.75, 3.05) is 20.3 Å². The number of aliphatic hydroxyl groups excluding tert-OH is 1. The molecule has 6 heteroatoms. The standard InChI is InChI=1S/C34H51NO4Si/c1-6-7-16-28-22-21-27(34(32(37)38-5)24-23-29(26-36)35(28)34)15-14-25-39-40(33(2,3)4,30-17-10-8-11-18-30)31-19-12-9-13-20-31/h8-13,17-20,27-29,36H,6-7,14-16,21-26H2,1-5H3. The van der Waals surface area contributed by atoms with Gasteiger partial charge in [0.15, 0.2) is 0 Å². The Morgan fingerprint density at radius 1 is 0.950 bits per heavy atom. The number of rotatable bonds is 12. The van der Waals surface area contributed by atoms with Gasteiger partial charge in [0, 0.05) is 18.7 Å². The molecule has 0 amide bonds. The number of esters is 1. The van der Waals surface area contributed by atoms with Gasteiger partial charge in [-0.15, -0.1) is 0 Å². The Morgan fingerprint density at radius 2 is 1.57 bits per heavy atom. The van der Waals surface area contributed by atoms with Crippen molar-refractivity contribution < 1.29 is 19.1 Å². The lowest BCUT2D eigenvalue weighted by atomic mass is 9.71. The zero-order valence-electron chi connectivity index (χ0n) is 25.4. The highest BCUT2D eigenvalue weighted by atomic mass is 28.4. The summed E-state index contributed by atoms with van der Waals surface area (Å²) in [6.07, 6.45) is 8.91. The van der Waals surface area contributed by atoms with Crippen molar-refractivity contribution in [3.63, 3.8) is 0 Å². The second-order valence-electron chi connectivity index (χ2n) is 12.9. The minimum absolute atomic E-state index is 0.0390. The highest BCUT2D eigenvalue weighted by Crippen LogP contribution is 2.50. The third-order valence-electron chi connectivity index (χ3n) is 9.70. The van der Waals surface area contributed by atoms with Gasteiger partial charge in [0.2, 0.25) is 0 Å². The van der Waals surface area contributed by atoms with Crippen molar-refractivity contribution in [3.05, 3.63) is 60.7 Å². The average Bonchev–Trinajstić information content (AvgIpc) is 3.38. The number of carbonyl (C=O) groups is 1. The van der Waals surface area contributed by atoms with Gasteiger partial charge in [0.05, 0.1) is 13.7 Å². The molecule has 0 radical (unpaired) electrons. The van der Waals surface area contributed by atoms with Crippen LogP contribution in [-0.2, 0) is 14.0 Å². The van der Waals surface area contributed by atoms with E-state index in [2.05, 4.69) is 93.3 Å². The van der Waals surface area contributed by atoms with E-state index in [0.717, 1.165) is 57.8 Å². The Balaban J connectivity index is 1.58. The van der Waals surface area contributed by atoms with Crippen LogP contribution in [0.25, 0.3) is 0 Å². The normalized spacial score (nSPS) is 25.5. The lowest BCUT2D eigenvalue weighted by molar-refractivity contribution is -0.167. The van der Waals surface area contributed by atoms with Crippen LogP contribution in [0.15, 0.2) is 60.7 Å². The molecule has 2 aromatic rings. The lowest BCUT2D eigenvalue weighted by Gasteiger charge is -2.52. The van der Waals surface area contributed by atoms with Crippen molar-refractivity contribution in [1.82, 2.24) is 4.90 Å². The van der Waals surface area contributed by atoms with Gasteiger partial charge in [-0.05, 0) is 66.3 Å². The number of methoxy groups -OCH3 is 1. The molecule has 4 unspecified atom stereocenters.